The maximum absolute atomic E-state index is 12.0. The van der Waals surface area contributed by atoms with E-state index in [1.807, 2.05) is 35.6 Å². The van der Waals surface area contributed by atoms with E-state index in [1.54, 1.807) is 6.92 Å². The monoisotopic (exact) mass is 286 g/mol. The van der Waals surface area contributed by atoms with Gasteiger partial charge in [0, 0.05) is 12.0 Å². The van der Waals surface area contributed by atoms with Gasteiger partial charge in [0.25, 0.3) is 0 Å². The minimum atomic E-state index is -4.37. The summed E-state index contributed by atoms with van der Waals surface area (Å²) in [6.45, 7) is 0.288. The van der Waals surface area contributed by atoms with Crippen molar-refractivity contribution in [3.05, 3.63) is 35.9 Å². The maximum Gasteiger partial charge on any atom is 0.405 e. The summed E-state index contributed by atoms with van der Waals surface area (Å²) in [6, 6.07) is 9.39. The fourth-order valence-electron chi connectivity index (χ4n) is 2.19. The molecule has 0 saturated heterocycles. The summed E-state index contributed by atoms with van der Waals surface area (Å²) in [7, 11) is 0. The summed E-state index contributed by atoms with van der Waals surface area (Å²) in [4.78, 5) is 11.5. The van der Waals surface area contributed by atoms with Gasteiger partial charge in [-0.1, -0.05) is 30.3 Å². The molecular weight excluding hydrogens is 269 g/mol. The summed E-state index contributed by atoms with van der Waals surface area (Å²) < 4.78 is 36.0. The zero-order valence-corrected chi connectivity index (χ0v) is 11.1. The summed E-state index contributed by atoms with van der Waals surface area (Å²) in [5.41, 5.74) is 1.19. The molecule has 3 nitrogen and oxygen atoms in total. The molecule has 2 N–H and O–H groups in total. The van der Waals surface area contributed by atoms with Gasteiger partial charge in [-0.2, -0.15) is 13.2 Å². The van der Waals surface area contributed by atoms with Crippen molar-refractivity contribution in [3.8, 4) is 0 Å². The third kappa shape index (κ3) is 4.23. The van der Waals surface area contributed by atoms with E-state index in [0.29, 0.717) is 5.92 Å². The first-order chi connectivity index (χ1) is 9.37. The Balaban J connectivity index is 1.76. The van der Waals surface area contributed by atoms with Crippen LogP contribution in [0.4, 0.5) is 13.2 Å². The Labute approximate surface area is 115 Å². The number of rotatable bonds is 5. The fourth-order valence-corrected chi connectivity index (χ4v) is 2.19. The van der Waals surface area contributed by atoms with Gasteiger partial charge >= 0.3 is 6.18 Å². The van der Waals surface area contributed by atoms with Crippen molar-refractivity contribution in [2.24, 2.45) is 0 Å². The van der Waals surface area contributed by atoms with Crippen LogP contribution in [0, 0.1) is 0 Å². The van der Waals surface area contributed by atoms with E-state index in [0.717, 1.165) is 6.42 Å². The van der Waals surface area contributed by atoms with Gasteiger partial charge in [0.15, 0.2) is 0 Å². The van der Waals surface area contributed by atoms with Gasteiger partial charge in [-0.15, -0.1) is 0 Å². The molecule has 0 radical (unpaired) electrons. The van der Waals surface area contributed by atoms with Crippen molar-refractivity contribution in [1.29, 1.82) is 0 Å². The highest BCUT2D eigenvalue weighted by Crippen LogP contribution is 2.40. The number of amides is 1. The SMILES string of the molecule is CC(NC1CC1c1ccccc1)C(=O)NCC(F)(F)F. The largest absolute Gasteiger partial charge is 0.405 e. The van der Waals surface area contributed by atoms with Crippen LogP contribution in [0.25, 0.3) is 0 Å². The molecule has 1 aliphatic rings. The van der Waals surface area contributed by atoms with Gasteiger partial charge in [-0.05, 0) is 18.9 Å². The first kappa shape index (κ1) is 14.8. The fraction of sp³-hybridized carbons (Fsp3) is 0.500. The average molecular weight is 286 g/mol. The lowest BCUT2D eigenvalue weighted by atomic mass is 10.1. The quantitative estimate of drug-likeness (QED) is 0.871. The highest BCUT2D eigenvalue weighted by Gasteiger charge is 2.39. The zero-order valence-electron chi connectivity index (χ0n) is 11.1. The molecule has 1 aromatic rings. The number of alkyl halides is 3. The molecule has 1 fully saturated rings. The van der Waals surface area contributed by atoms with E-state index in [1.165, 1.54) is 5.56 Å². The number of benzene rings is 1. The summed E-state index contributed by atoms with van der Waals surface area (Å²) in [5.74, 6) is -0.282. The molecule has 0 bridgehead atoms. The van der Waals surface area contributed by atoms with Gasteiger partial charge in [0.2, 0.25) is 5.91 Å². The molecule has 1 aliphatic carbocycles. The Morgan fingerprint density at radius 3 is 2.60 bits per heavy atom. The molecule has 1 saturated carbocycles. The lowest BCUT2D eigenvalue weighted by Crippen LogP contribution is -2.46. The number of hydrogen-bond acceptors (Lipinski definition) is 2. The molecule has 1 aromatic carbocycles. The van der Waals surface area contributed by atoms with Crippen LogP contribution in [0.2, 0.25) is 0 Å². The van der Waals surface area contributed by atoms with E-state index < -0.39 is 24.7 Å². The van der Waals surface area contributed by atoms with E-state index in [9.17, 15) is 18.0 Å². The minimum absolute atomic E-state index is 0.157. The van der Waals surface area contributed by atoms with E-state index in [-0.39, 0.29) is 6.04 Å². The lowest BCUT2D eigenvalue weighted by Gasteiger charge is -2.15. The molecule has 0 heterocycles. The summed E-state index contributed by atoms with van der Waals surface area (Å²) in [6.07, 6.45) is -3.47. The van der Waals surface area contributed by atoms with Crippen molar-refractivity contribution >= 4 is 5.91 Å². The van der Waals surface area contributed by atoms with Crippen molar-refractivity contribution in [2.45, 2.75) is 37.5 Å². The number of carbonyl (C=O) groups is 1. The summed E-state index contributed by atoms with van der Waals surface area (Å²) in [5, 5.41) is 4.94. The van der Waals surface area contributed by atoms with Gasteiger partial charge in [0.05, 0.1) is 6.04 Å². The van der Waals surface area contributed by atoms with E-state index in [4.69, 9.17) is 0 Å². The standard InChI is InChI=1S/C14H17F3N2O/c1-9(13(20)18-8-14(15,16)17)19-12-7-11(12)10-5-3-2-4-6-10/h2-6,9,11-12,19H,7-8H2,1H3,(H,18,20). The topological polar surface area (TPSA) is 41.1 Å². The van der Waals surface area contributed by atoms with Gasteiger partial charge in [-0.3, -0.25) is 4.79 Å². The smallest absolute Gasteiger partial charge is 0.346 e. The van der Waals surface area contributed by atoms with Crippen LogP contribution >= 0.6 is 0 Å². The molecule has 3 atom stereocenters. The number of hydrogen-bond donors (Lipinski definition) is 2. The highest BCUT2D eigenvalue weighted by molar-refractivity contribution is 5.81. The van der Waals surface area contributed by atoms with Crippen LogP contribution in [-0.2, 0) is 4.79 Å². The van der Waals surface area contributed by atoms with Crippen molar-refractivity contribution in [3.63, 3.8) is 0 Å². The Bertz CT molecular complexity index is 461. The molecule has 110 valence electrons. The minimum Gasteiger partial charge on any atom is -0.346 e. The molecular formula is C14H17F3N2O. The molecule has 6 heteroatoms. The Kier molecular flexibility index (Phi) is 4.32. The van der Waals surface area contributed by atoms with Gasteiger partial charge in [0.1, 0.15) is 6.54 Å². The first-order valence-electron chi connectivity index (χ1n) is 6.52. The molecule has 2 rings (SSSR count). The molecule has 20 heavy (non-hydrogen) atoms. The van der Waals surface area contributed by atoms with Gasteiger partial charge < -0.3 is 10.6 Å². The molecule has 0 aliphatic heterocycles. The lowest BCUT2D eigenvalue weighted by molar-refractivity contribution is -0.139. The average Bonchev–Trinajstić information content (AvgIpc) is 3.15. The second-order valence-corrected chi connectivity index (χ2v) is 5.08. The predicted octanol–water partition coefficient (Wildman–Crippen LogP) is 2.20. The normalized spacial score (nSPS) is 23.2. The third-order valence-corrected chi connectivity index (χ3v) is 3.34. The van der Waals surface area contributed by atoms with Crippen molar-refractivity contribution in [2.75, 3.05) is 6.54 Å². The Morgan fingerprint density at radius 2 is 2.00 bits per heavy atom. The predicted molar refractivity (Wildman–Crippen MR) is 69.3 cm³/mol. The maximum atomic E-state index is 12.0. The Hall–Kier alpha value is -1.56. The van der Waals surface area contributed by atoms with Crippen LogP contribution in [0.5, 0.6) is 0 Å². The van der Waals surface area contributed by atoms with Crippen LogP contribution in [0.15, 0.2) is 30.3 Å². The van der Waals surface area contributed by atoms with Crippen LogP contribution in [0.1, 0.15) is 24.8 Å². The van der Waals surface area contributed by atoms with E-state index in [2.05, 4.69) is 5.32 Å². The second-order valence-electron chi connectivity index (χ2n) is 5.08. The van der Waals surface area contributed by atoms with Crippen molar-refractivity contribution in [1.82, 2.24) is 10.6 Å². The zero-order chi connectivity index (χ0) is 14.8. The molecule has 1 amide bonds. The molecule has 0 spiro atoms. The highest BCUT2D eigenvalue weighted by atomic mass is 19.4. The molecule has 0 aromatic heterocycles. The van der Waals surface area contributed by atoms with Crippen LogP contribution in [-0.4, -0.2) is 30.7 Å². The first-order valence-corrected chi connectivity index (χ1v) is 6.52. The third-order valence-electron chi connectivity index (χ3n) is 3.34. The number of nitrogens with one attached hydrogen (secondary N) is 2. The van der Waals surface area contributed by atoms with Crippen LogP contribution < -0.4 is 10.6 Å². The summed E-state index contributed by atoms with van der Waals surface area (Å²) >= 11 is 0. The van der Waals surface area contributed by atoms with E-state index >= 15 is 0 Å². The molecule has 3 unspecified atom stereocenters. The Morgan fingerprint density at radius 1 is 1.35 bits per heavy atom. The van der Waals surface area contributed by atoms with Crippen molar-refractivity contribution < 1.29 is 18.0 Å². The van der Waals surface area contributed by atoms with Crippen LogP contribution in [0.3, 0.4) is 0 Å². The second kappa shape index (κ2) is 5.83. The number of halogens is 3. The number of carbonyl (C=O) groups excluding carboxylic acids is 1. The van der Waals surface area contributed by atoms with Gasteiger partial charge in [-0.25, -0.2) is 0 Å².